The monoisotopic (exact) mass is 323 g/mol. The van der Waals surface area contributed by atoms with Gasteiger partial charge in [-0.05, 0) is 27.7 Å². The molecule has 23 heavy (non-hydrogen) atoms. The highest BCUT2D eigenvalue weighted by molar-refractivity contribution is 5.42. The lowest BCUT2D eigenvalue weighted by Crippen LogP contribution is -2.39. The molecular weight excluding hydrogens is 294 g/mol. The molecule has 0 radical (unpaired) electrons. The molecule has 0 atom stereocenters. The van der Waals surface area contributed by atoms with Crippen LogP contribution in [0.2, 0.25) is 0 Å². The molecule has 1 aromatic rings. The van der Waals surface area contributed by atoms with Gasteiger partial charge in [-0.25, -0.2) is 0 Å². The second-order valence-electron chi connectivity index (χ2n) is 6.29. The Kier molecular flexibility index (Phi) is 6.79. The SMILES string of the molecule is CC(C)Nc1nc(NCCN2CCOCC2)nc(NC(C)C)n1. The van der Waals surface area contributed by atoms with Gasteiger partial charge >= 0.3 is 0 Å². The van der Waals surface area contributed by atoms with Crippen LogP contribution in [0.15, 0.2) is 0 Å². The van der Waals surface area contributed by atoms with Gasteiger partial charge in [0.2, 0.25) is 17.8 Å². The molecule has 0 amide bonds. The maximum absolute atomic E-state index is 5.36. The molecule has 2 heterocycles. The van der Waals surface area contributed by atoms with Crippen LogP contribution in [0.1, 0.15) is 27.7 Å². The summed E-state index contributed by atoms with van der Waals surface area (Å²) in [7, 11) is 0. The Morgan fingerprint density at radius 2 is 1.43 bits per heavy atom. The molecule has 0 aromatic carbocycles. The van der Waals surface area contributed by atoms with E-state index >= 15 is 0 Å². The zero-order valence-corrected chi connectivity index (χ0v) is 14.6. The lowest BCUT2D eigenvalue weighted by molar-refractivity contribution is 0.0398. The summed E-state index contributed by atoms with van der Waals surface area (Å²) in [6.07, 6.45) is 0. The van der Waals surface area contributed by atoms with Gasteiger partial charge in [0.05, 0.1) is 13.2 Å². The van der Waals surface area contributed by atoms with Crippen LogP contribution in [-0.4, -0.2) is 71.3 Å². The molecule has 0 saturated carbocycles. The lowest BCUT2D eigenvalue weighted by Gasteiger charge is -2.26. The Balaban J connectivity index is 1.94. The Hall–Kier alpha value is -1.67. The minimum absolute atomic E-state index is 0.269. The van der Waals surface area contributed by atoms with Gasteiger partial charge in [0.25, 0.3) is 0 Å². The first-order chi connectivity index (χ1) is 11.0. The second-order valence-corrected chi connectivity index (χ2v) is 6.29. The van der Waals surface area contributed by atoms with E-state index in [2.05, 4.69) is 63.5 Å². The quantitative estimate of drug-likeness (QED) is 0.659. The number of nitrogens with zero attached hydrogens (tertiary/aromatic N) is 4. The smallest absolute Gasteiger partial charge is 0.229 e. The van der Waals surface area contributed by atoms with Crippen molar-refractivity contribution in [3.8, 4) is 0 Å². The van der Waals surface area contributed by atoms with Crippen LogP contribution in [0.4, 0.5) is 17.8 Å². The topological polar surface area (TPSA) is 87.2 Å². The van der Waals surface area contributed by atoms with Crippen LogP contribution in [0.3, 0.4) is 0 Å². The average molecular weight is 323 g/mol. The normalized spacial score (nSPS) is 15.9. The van der Waals surface area contributed by atoms with Crippen molar-refractivity contribution in [2.75, 3.05) is 55.3 Å². The van der Waals surface area contributed by atoms with Crippen molar-refractivity contribution >= 4 is 17.8 Å². The van der Waals surface area contributed by atoms with E-state index in [0.29, 0.717) is 17.8 Å². The van der Waals surface area contributed by atoms with Gasteiger partial charge in [0, 0.05) is 38.3 Å². The number of nitrogens with one attached hydrogen (secondary N) is 3. The third kappa shape index (κ3) is 6.54. The molecule has 1 aliphatic rings. The largest absolute Gasteiger partial charge is 0.379 e. The number of aromatic nitrogens is 3. The van der Waals surface area contributed by atoms with Crippen molar-refractivity contribution in [3.05, 3.63) is 0 Å². The number of hydrogen-bond acceptors (Lipinski definition) is 8. The fourth-order valence-electron chi connectivity index (χ4n) is 2.25. The summed E-state index contributed by atoms with van der Waals surface area (Å²) in [4.78, 5) is 15.6. The van der Waals surface area contributed by atoms with Crippen molar-refractivity contribution in [1.29, 1.82) is 0 Å². The van der Waals surface area contributed by atoms with E-state index in [4.69, 9.17) is 4.74 Å². The summed E-state index contributed by atoms with van der Waals surface area (Å²) in [6.45, 7) is 13.6. The molecule has 0 unspecified atom stereocenters. The lowest BCUT2D eigenvalue weighted by atomic mass is 10.4. The molecular formula is C15H29N7O. The van der Waals surface area contributed by atoms with E-state index < -0.39 is 0 Å². The molecule has 8 nitrogen and oxygen atoms in total. The zero-order valence-electron chi connectivity index (χ0n) is 14.6. The summed E-state index contributed by atoms with van der Waals surface area (Å²) in [6, 6.07) is 0.538. The average Bonchev–Trinajstić information content (AvgIpc) is 2.46. The van der Waals surface area contributed by atoms with Gasteiger partial charge in [0.1, 0.15) is 0 Å². The predicted molar refractivity (Wildman–Crippen MR) is 93.1 cm³/mol. The Morgan fingerprint density at radius 1 is 0.913 bits per heavy atom. The van der Waals surface area contributed by atoms with Gasteiger partial charge < -0.3 is 20.7 Å². The molecule has 0 spiro atoms. The molecule has 0 bridgehead atoms. The maximum Gasteiger partial charge on any atom is 0.229 e. The van der Waals surface area contributed by atoms with E-state index in [1.807, 2.05) is 0 Å². The van der Waals surface area contributed by atoms with Crippen LogP contribution < -0.4 is 16.0 Å². The minimum Gasteiger partial charge on any atom is -0.379 e. The second kappa shape index (κ2) is 8.83. The van der Waals surface area contributed by atoms with Crippen LogP contribution in [0, 0.1) is 0 Å². The van der Waals surface area contributed by atoms with Crippen LogP contribution >= 0.6 is 0 Å². The Bertz CT molecular complexity index is 447. The van der Waals surface area contributed by atoms with E-state index in [9.17, 15) is 0 Å². The van der Waals surface area contributed by atoms with Crippen molar-refractivity contribution in [2.24, 2.45) is 0 Å². The number of ether oxygens (including phenoxy) is 1. The minimum atomic E-state index is 0.269. The van der Waals surface area contributed by atoms with E-state index in [-0.39, 0.29) is 12.1 Å². The van der Waals surface area contributed by atoms with Gasteiger partial charge in [-0.1, -0.05) is 0 Å². The number of rotatable bonds is 8. The Labute approximate surface area is 138 Å². The van der Waals surface area contributed by atoms with Crippen molar-refractivity contribution in [2.45, 2.75) is 39.8 Å². The van der Waals surface area contributed by atoms with Crippen LogP contribution in [0.25, 0.3) is 0 Å². The number of hydrogen-bond donors (Lipinski definition) is 3. The third-order valence-electron chi connectivity index (χ3n) is 3.29. The van der Waals surface area contributed by atoms with E-state index in [1.54, 1.807) is 0 Å². The molecule has 1 aliphatic heterocycles. The number of morpholine rings is 1. The third-order valence-corrected chi connectivity index (χ3v) is 3.29. The van der Waals surface area contributed by atoms with Crippen LogP contribution in [-0.2, 0) is 4.74 Å². The Morgan fingerprint density at radius 3 is 1.96 bits per heavy atom. The molecule has 130 valence electrons. The van der Waals surface area contributed by atoms with Crippen molar-refractivity contribution < 1.29 is 4.74 Å². The first-order valence-electron chi connectivity index (χ1n) is 8.36. The molecule has 2 rings (SSSR count). The zero-order chi connectivity index (χ0) is 16.7. The summed E-state index contributed by atoms with van der Waals surface area (Å²) in [5.41, 5.74) is 0. The molecule has 0 aliphatic carbocycles. The first kappa shape index (κ1) is 17.7. The fraction of sp³-hybridized carbons (Fsp3) is 0.800. The predicted octanol–water partition coefficient (Wildman–Crippen LogP) is 1.26. The van der Waals surface area contributed by atoms with Crippen LogP contribution in [0.5, 0.6) is 0 Å². The molecule has 8 heteroatoms. The highest BCUT2D eigenvalue weighted by atomic mass is 16.5. The van der Waals surface area contributed by atoms with Gasteiger partial charge in [-0.3, -0.25) is 4.90 Å². The standard InChI is InChI=1S/C15H29N7O/c1-11(2)17-14-19-13(20-15(21-14)18-12(3)4)16-5-6-22-7-9-23-10-8-22/h11-12H,5-10H2,1-4H3,(H3,16,17,18,19,20,21). The van der Waals surface area contributed by atoms with Gasteiger partial charge in [-0.2, -0.15) is 15.0 Å². The van der Waals surface area contributed by atoms with E-state index in [0.717, 1.165) is 39.4 Å². The molecule has 1 fully saturated rings. The summed E-state index contributed by atoms with van der Waals surface area (Å²) >= 11 is 0. The van der Waals surface area contributed by atoms with Gasteiger partial charge in [0.15, 0.2) is 0 Å². The fourth-order valence-corrected chi connectivity index (χ4v) is 2.25. The summed E-state index contributed by atoms with van der Waals surface area (Å²) < 4.78 is 5.36. The molecule has 1 aromatic heterocycles. The molecule has 3 N–H and O–H groups in total. The first-order valence-corrected chi connectivity index (χ1v) is 8.36. The van der Waals surface area contributed by atoms with E-state index in [1.165, 1.54) is 0 Å². The summed E-state index contributed by atoms with van der Waals surface area (Å²) in [5, 5.41) is 9.75. The summed E-state index contributed by atoms with van der Waals surface area (Å²) in [5.74, 6) is 1.78. The van der Waals surface area contributed by atoms with Crippen molar-refractivity contribution in [1.82, 2.24) is 19.9 Å². The molecule has 1 saturated heterocycles. The highest BCUT2D eigenvalue weighted by Crippen LogP contribution is 2.11. The maximum atomic E-state index is 5.36. The van der Waals surface area contributed by atoms with Crippen molar-refractivity contribution in [3.63, 3.8) is 0 Å². The number of anilines is 3. The highest BCUT2D eigenvalue weighted by Gasteiger charge is 2.11. The van der Waals surface area contributed by atoms with Gasteiger partial charge in [-0.15, -0.1) is 0 Å².